The molecule has 0 unspecified atom stereocenters. The second-order valence-electron chi connectivity index (χ2n) is 4.92. The van der Waals surface area contributed by atoms with Crippen LogP contribution in [0.5, 0.6) is 0 Å². The Bertz CT molecular complexity index is 277. The van der Waals surface area contributed by atoms with E-state index in [1.807, 2.05) is 0 Å². The van der Waals surface area contributed by atoms with Crippen LogP contribution in [-0.2, 0) is 4.79 Å². The number of rotatable bonds is 6. The van der Waals surface area contributed by atoms with Gasteiger partial charge in [0.1, 0.15) is 0 Å². The Morgan fingerprint density at radius 3 is 2.59 bits per heavy atom. The molecule has 17 heavy (non-hydrogen) atoms. The maximum absolute atomic E-state index is 12.1. The minimum absolute atomic E-state index is 0.122. The van der Waals surface area contributed by atoms with E-state index in [0.29, 0.717) is 19.5 Å². The molecule has 1 rings (SSSR count). The third-order valence-electron chi connectivity index (χ3n) is 3.68. The highest BCUT2D eigenvalue weighted by Gasteiger charge is 2.37. The minimum atomic E-state index is -0.312. The summed E-state index contributed by atoms with van der Waals surface area (Å²) in [7, 11) is 0. The maximum Gasteiger partial charge on any atom is 0.227 e. The van der Waals surface area contributed by atoms with Crippen LogP contribution in [0.1, 0.15) is 51.4 Å². The number of amides is 1. The zero-order valence-electron chi connectivity index (χ0n) is 10.5. The fraction of sp³-hybridized carbons (Fsp3) is 0.846. The van der Waals surface area contributed by atoms with Crippen molar-refractivity contribution >= 4 is 5.91 Å². The van der Waals surface area contributed by atoms with Crippen molar-refractivity contribution in [1.82, 2.24) is 5.32 Å². The van der Waals surface area contributed by atoms with Crippen LogP contribution in [0.2, 0.25) is 0 Å². The van der Waals surface area contributed by atoms with Gasteiger partial charge in [0.25, 0.3) is 0 Å². The normalized spacial score (nSPS) is 18.4. The van der Waals surface area contributed by atoms with E-state index in [-0.39, 0.29) is 11.3 Å². The number of nitrogens with one attached hydrogen (secondary N) is 1. The van der Waals surface area contributed by atoms with Gasteiger partial charge in [0.15, 0.2) is 0 Å². The van der Waals surface area contributed by atoms with Crippen LogP contribution >= 0.6 is 0 Å². The average molecular weight is 237 g/mol. The van der Waals surface area contributed by atoms with E-state index >= 15 is 0 Å². The maximum atomic E-state index is 12.1. The molecule has 1 amide bonds. The van der Waals surface area contributed by atoms with Crippen molar-refractivity contribution in [2.24, 2.45) is 11.1 Å². The molecular weight excluding hydrogens is 214 g/mol. The summed E-state index contributed by atoms with van der Waals surface area (Å²) in [6.45, 7) is 1.12. The molecule has 3 N–H and O–H groups in total. The van der Waals surface area contributed by atoms with E-state index in [1.165, 1.54) is 6.42 Å². The average Bonchev–Trinajstić information content (AvgIpc) is 2.39. The first-order valence-electron chi connectivity index (χ1n) is 6.60. The number of hydrogen-bond donors (Lipinski definition) is 2. The predicted octanol–water partition coefficient (Wildman–Crippen LogP) is 1.71. The number of carbonyl (C=O) groups is 1. The predicted molar refractivity (Wildman–Crippen MR) is 67.0 cm³/mol. The Labute approximate surface area is 104 Å². The first kappa shape index (κ1) is 14.0. The zero-order chi connectivity index (χ0) is 12.6. The molecule has 0 saturated heterocycles. The summed E-state index contributed by atoms with van der Waals surface area (Å²) in [5.74, 6) is 0.122. The molecule has 1 fully saturated rings. The van der Waals surface area contributed by atoms with Crippen LogP contribution in [-0.4, -0.2) is 19.0 Å². The number of nitrogens with zero attached hydrogens (tertiary/aromatic N) is 1. The van der Waals surface area contributed by atoms with Crippen molar-refractivity contribution in [1.29, 1.82) is 5.26 Å². The summed E-state index contributed by atoms with van der Waals surface area (Å²) in [5, 5.41) is 11.4. The van der Waals surface area contributed by atoms with E-state index < -0.39 is 0 Å². The Hall–Kier alpha value is -1.08. The molecule has 4 nitrogen and oxygen atoms in total. The van der Waals surface area contributed by atoms with Crippen LogP contribution in [0.3, 0.4) is 0 Å². The first-order valence-corrected chi connectivity index (χ1v) is 6.60. The first-order chi connectivity index (χ1) is 8.25. The quantitative estimate of drug-likeness (QED) is 0.690. The Kier molecular flexibility index (Phi) is 5.99. The van der Waals surface area contributed by atoms with Crippen LogP contribution < -0.4 is 11.1 Å². The molecule has 0 atom stereocenters. The third-order valence-corrected chi connectivity index (χ3v) is 3.68. The van der Waals surface area contributed by atoms with Gasteiger partial charge in [-0.25, -0.2) is 0 Å². The fourth-order valence-electron chi connectivity index (χ4n) is 2.47. The van der Waals surface area contributed by atoms with Crippen LogP contribution in [0.4, 0.5) is 0 Å². The van der Waals surface area contributed by atoms with E-state index in [4.69, 9.17) is 11.0 Å². The molecule has 0 aliphatic heterocycles. The molecule has 0 aromatic heterocycles. The van der Waals surface area contributed by atoms with Gasteiger partial charge in [-0.1, -0.05) is 19.3 Å². The molecule has 1 aliphatic carbocycles. The second kappa shape index (κ2) is 7.29. The van der Waals surface area contributed by atoms with Gasteiger partial charge in [0.2, 0.25) is 5.91 Å². The monoisotopic (exact) mass is 237 g/mol. The lowest BCUT2D eigenvalue weighted by atomic mass is 9.73. The summed E-state index contributed by atoms with van der Waals surface area (Å²) < 4.78 is 0. The van der Waals surface area contributed by atoms with E-state index in [2.05, 4.69) is 11.4 Å². The molecule has 0 heterocycles. The van der Waals surface area contributed by atoms with E-state index in [1.54, 1.807) is 0 Å². The Balaban J connectivity index is 2.31. The minimum Gasteiger partial charge on any atom is -0.356 e. The highest BCUT2D eigenvalue weighted by molar-refractivity contribution is 5.82. The SMILES string of the molecule is N#CCCCCNC(=O)C1(CN)CCCCC1. The Morgan fingerprint density at radius 1 is 1.29 bits per heavy atom. The van der Waals surface area contributed by atoms with Crippen LogP contribution in [0.25, 0.3) is 0 Å². The molecule has 4 heteroatoms. The molecular formula is C13H23N3O. The molecule has 1 saturated carbocycles. The third kappa shape index (κ3) is 4.01. The lowest BCUT2D eigenvalue weighted by molar-refractivity contribution is -0.132. The molecule has 0 radical (unpaired) electrons. The van der Waals surface area contributed by atoms with Gasteiger partial charge in [-0.15, -0.1) is 0 Å². The number of nitrogens with two attached hydrogens (primary N) is 1. The smallest absolute Gasteiger partial charge is 0.227 e. The number of unbranched alkanes of at least 4 members (excludes halogenated alkanes) is 2. The molecule has 1 aliphatic rings. The lowest BCUT2D eigenvalue weighted by Gasteiger charge is -2.34. The van der Waals surface area contributed by atoms with Crippen LogP contribution in [0.15, 0.2) is 0 Å². The molecule has 96 valence electrons. The van der Waals surface area contributed by atoms with Gasteiger partial charge in [-0.05, 0) is 25.7 Å². The van der Waals surface area contributed by atoms with Gasteiger partial charge in [0.05, 0.1) is 11.5 Å². The molecule has 0 bridgehead atoms. The zero-order valence-corrected chi connectivity index (χ0v) is 10.5. The number of carbonyl (C=O) groups excluding carboxylic acids is 1. The summed E-state index contributed by atoms with van der Waals surface area (Å²) in [6.07, 6.45) is 7.58. The molecule has 0 aromatic carbocycles. The second-order valence-corrected chi connectivity index (χ2v) is 4.92. The van der Waals surface area contributed by atoms with Crippen molar-refractivity contribution in [3.8, 4) is 6.07 Å². The number of nitriles is 1. The van der Waals surface area contributed by atoms with Gasteiger partial charge in [-0.3, -0.25) is 4.79 Å². The van der Waals surface area contributed by atoms with Gasteiger partial charge in [-0.2, -0.15) is 5.26 Å². The van der Waals surface area contributed by atoms with Crippen molar-refractivity contribution in [2.75, 3.05) is 13.1 Å². The van der Waals surface area contributed by atoms with Gasteiger partial charge < -0.3 is 11.1 Å². The van der Waals surface area contributed by atoms with Crippen molar-refractivity contribution < 1.29 is 4.79 Å². The fourth-order valence-corrected chi connectivity index (χ4v) is 2.47. The standard InChI is InChI=1S/C13H23N3O/c14-9-5-2-6-10-16-12(17)13(11-15)7-3-1-4-8-13/h1-8,10-11,15H2,(H,16,17). The van der Waals surface area contributed by atoms with Gasteiger partial charge >= 0.3 is 0 Å². The van der Waals surface area contributed by atoms with Crippen molar-refractivity contribution in [2.45, 2.75) is 51.4 Å². The van der Waals surface area contributed by atoms with E-state index in [9.17, 15) is 4.79 Å². The lowest BCUT2D eigenvalue weighted by Crippen LogP contribution is -2.47. The molecule has 0 aromatic rings. The summed E-state index contributed by atoms with van der Waals surface area (Å²) >= 11 is 0. The Morgan fingerprint density at radius 2 is 2.00 bits per heavy atom. The number of hydrogen-bond acceptors (Lipinski definition) is 3. The van der Waals surface area contributed by atoms with E-state index in [0.717, 1.165) is 38.5 Å². The highest BCUT2D eigenvalue weighted by atomic mass is 16.2. The largest absolute Gasteiger partial charge is 0.356 e. The topological polar surface area (TPSA) is 78.9 Å². The van der Waals surface area contributed by atoms with Gasteiger partial charge in [0, 0.05) is 19.5 Å². The summed E-state index contributed by atoms with van der Waals surface area (Å²) in [6, 6.07) is 2.11. The summed E-state index contributed by atoms with van der Waals surface area (Å²) in [4.78, 5) is 12.1. The van der Waals surface area contributed by atoms with Crippen molar-refractivity contribution in [3.05, 3.63) is 0 Å². The molecule has 0 spiro atoms. The summed E-state index contributed by atoms with van der Waals surface area (Å²) in [5.41, 5.74) is 5.48. The highest BCUT2D eigenvalue weighted by Crippen LogP contribution is 2.35. The van der Waals surface area contributed by atoms with Crippen LogP contribution in [0, 0.1) is 16.7 Å². The van der Waals surface area contributed by atoms with Crippen molar-refractivity contribution in [3.63, 3.8) is 0 Å².